The van der Waals surface area contributed by atoms with E-state index in [-0.39, 0.29) is 6.61 Å². The first-order chi connectivity index (χ1) is 6.40. The first-order valence-electron chi connectivity index (χ1n) is 4.80. The average Bonchev–Trinajstić information content (AvgIpc) is 2.15. The van der Waals surface area contributed by atoms with Crippen molar-refractivity contribution >= 4 is 11.9 Å². The summed E-state index contributed by atoms with van der Waals surface area (Å²) in [6, 6.07) is 0. The number of rotatable bonds is 5. The Morgan fingerprint density at radius 2 is 1.93 bits per heavy atom. The summed E-state index contributed by atoms with van der Waals surface area (Å²) in [5.41, 5.74) is -0.929. The molecule has 0 saturated heterocycles. The molecule has 0 aliphatic rings. The minimum Gasteiger partial charge on any atom is -0.481 e. The fraction of sp³-hybridized carbons (Fsp3) is 0.800. The molecule has 0 aromatic carbocycles. The lowest BCUT2D eigenvalue weighted by molar-refractivity contribution is -0.165. The molecule has 14 heavy (non-hydrogen) atoms. The summed E-state index contributed by atoms with van der Waals surface area (Å²) in [6.45, 7) is 6.93. The van der Waals surface area contributed by atoms with E-state index in [9.17, 15) is 9.59 Å². The van der Waals surface area contributed by atoms with Gasteiger partial charge in [0.2, 0.25) is 0 Å². The van der Waals surface area contributed by atoms with Crippen molar-refractivity contribution in [3.8, 4) is 0 Å². The van der Waals surface area contributed by atoms with Crippen molar-refractivity contribution in [3.63, 3.8) is 0 Å². The van der Waals surface area contributed by atoms with Gasteiger partial charge in [0, 0.05) is 0 Å². The van der Waals surface area contributed by atoms with Crippen molar-refractivity contribution in [2.24, 2.45) is 11.3 Å². The fourth-order valence-corrected chi connectivity index (χ4v) is 1.20. The molecule has 82 valence electrons. The number of carboxylic acids is 1. The van der Waals surface area contributed by atoms with Crippen LogP contribution in [0.5, 0.6) is 0 Å². The molecule has 0 aliphatic carbocycles. The molecule has 2 atom stereocenters. The van der Waals surface area contributed by atoms with Gasteiger partial charge in [-0.15, -0.1) is 0 Å². The number of esters is 1. The second kappa shape index (κ2) is 4.98. The highest BCUT2D eigenvalue weighted by atomic mass is 16.5. The highest BCUT2D eigenvalue weighted by Crippen LogP contribution is 2.32. The molecule has 0 aromatic rings. The molecule has 1 N–H and O–H groups in total. The number of aliphatic carboxylic acids is 1. The van der Waals surface area contributed by atoms with Crippen LogP contribution in [-0.4, -0.2) is 23.7 Å². The predicted octanol–water partition coefficient (Wildman–Crippen LogP) is 1.69. The number of hydrogen-bond donors (Lipinski definition) is 1. The van der Waals surface area contributed by atoms with Crippen molar-refractivity contribution in [1.82, 2.24) is 0 Å². The van der Waals surface area contributed by atoms with Gasteiger partial charge in [0.25, 0.3) is 0 Å². The highest BCUT2D eigenvalue weighted by Gasteiger charge is 2.42. The number of carbonyl (C=O) groups is 2. The summed E-state index contributed by atoms with van der Waals surface area (Å²) in [5, 5.41) is 8.86. The molecule has 0 aromatic heterocycles. The van der Waals surface area contributed by atoms with Crippen LogP contribution in [0.1, 0.15) is 34.1 Å². The van der Waals surface area contributed by atoms with Gasteiger partial charge < -0.3 is 9.84 Å². The van der Waals surface area contributed by atoms with Crippen molar-refractivity contribution in [2.75, 3.05) is 6.61 Å². The lowest BCUT2D eigenvalue weighted by atomic mass is 9.76. The van der Waals surface area contributed by atoms with Gasteiger partial charge in [0.05, 0.1) is 17.9 Å². The Balaban J connectivity index is 4.78. The Morgan fingerprint density at radius 1 is 1.43 bits per heavy atom. The summed E-state index contributed by atoms with van der Waals surface area (Å²) >= 11 is 0. The van der Waals surface area contributed by atoms with Gasteiger partial charge in [0.15, 0.2) is 0 Å². The van der Waals surface area contributed by atoms with Crippen LogP contribution in [0.25, 0.3) is 0 Å². The van der Waals surface area contributed by atoms with E-state index in [2.05, 4.69) is 0 Å². The van der Waals surface area contributed by atoms with E-state index in [0.29, 0.717) is 6.42 Å². The van der Waals surface area contributed by atoms with E-state index in [1.807, 2.05) is 0 Å². The molecule has 2 unspecified atom stereocenters. The Bertz CT molecular complexity index is 224. The third-order valence-corrected chi connectivity index (χ3v) is 2.80. The van der Waals surface area contributed by atoms with Crippen molar-refractivity contribution < 1.29 is 19.4 Å². The van der Waals surface area contributed by atoms with Crippen LogP contribution in [0.3, 0.4) is 0 Å². The Hall–Kier alpha value is -1.06. The molecule has 0 bridgehead atoms. The summed E-state index contributed by atoms with van der Waals surface area (Å²) in [7, 11) is 0. The van der Waals surface area contributed by atoms with E-state index in [1.165, 1.54) is 6.92 Å². The van der Waals surface area contributed by atoms with Gasteiger partial charge in [-0.25, -0.2) is 0 Å². The van der Waals surface area contributed by atoms with Crippen LogP contribution in [0.15, 0.2) is 0 Å². The zero-order chi connectivity index (χ0) is 11.4. The molecule has 0 saturated carbocycles. The van der Waals surface area contributed by atoms with E-state index in [1.54, 1.807) is 20.8 Å². The standard InChI is InChI=1S/C10H18O4/c1-5-10(4,7(3)8(11)12)9(13)14-6-2/h7H,5-6H2,1-4H3,(H,11,12). The topological polar surface area (TPSA) is 63.6 Å². The molecule has 0 rings (SSSR count). The Morgan fingerprint density at radius 3 is 2.21 bits per heavy atom. The first kappa shape index (κ1) is 12.9. The van der Waals surface area contributed by atoms with Crippen LogP contribution >= 0.6 is 0 Å². The quantitative estimate of drug-likeness (QED) is 0.689. The summed E-state index contributed by atoms with van der Waals surface area (Å²) in [4.78, 5) is 22.4. The van der Waals surface area contributed by atoms with Gasteiger partial charge in [-0.2, -0.15) is 0 Å². The zero-order valence-electron chi connectivity index (χ0n) is 9.16. The maximum atomic E-state index is 11.6. The molecule has 0 radical (unpaired) electrons. The lowest BCUT2D eigenvalue weighted by Gasteiger charge is -2.29. The van der Waals surface area contributed by atoms with E-state index >= 15 is 0 Å². The SMILES string of the molecule is CCOC(=O)C(C)(CC)C(C)C(=O)O. The van der Waals surface area contributed by atoms with Crippen LogP contribution in [-0.2, 0) is 14.3 Å². The van der Waals surface area contributed by atoms with Crippen molar-refractivity contribution in [1.29, 1.82) is 0 Å². The maximum Gasteiger partial charge on any atom is 0.312 e. The predicted molar refractivity (Wildman–Crippen MR) is 51.8 cm³/mol. The number of carbonyl (C=O) groups excluding carboxylic acids is 1. The number of hydrogen-bond acceptors (Lipinski definition) is 3. The van der Waals surface area contributed by atoms with Crippen LogP contribution < -0.4 is 0 Å². The number of ether oxygens (including phenoxy) is 1. The molecule has 0 amide bonds. The van der Waals surface area contributed by atoms with E-state index in [4.69, 9.17) is 9.84 Å². The highest BCUT2D eigenvalue weighted by molar-refractivity contribution is 5.84. The largest absolute Gasteiger partial charge is 0.481 e. The summed E-state index contributed by atoms with van der Waals surface area (Å²) in [5.74, 6) is -2.13. The fourth-order valence-electron chi connectivity index (χ4n) is 1.20. The van der Waals surface area contributed by atoms with Crippen LogP contribution in [0.4, 0.5) is 0 Å². The Labute approximate surface area is 84.3 Å². The molecule has 0 fully saturated rings. The Kier molecular flexibility index (Phi) is 4.60. The molecule has 0 spiro atoms. The minimum atomic E-state index is -0.970. The van der Waals surface area contributed by atoms with Gasteiger partial charge in [-0.05, 0) is 20.3 Å². The van der Waals surface area contributed by atoms with Crippen molar-refractivity contribution in [2.45, 2.75) is 34.1 Å². The molecular weight excluding hydrogens is 184 g/mol. The summed E-state index contributed by atoms with van der Waals surface area (Å²) in [6.07, 6.45) is 0.458. The minimum absolute atomic E-state index is 0.279. The third-order valence-electron chi connectivity index (χ3n) is 2.80. The average molecular weight is 202 g/mol. The molecule has 0 aliphatic heterocycles. The van der Waals surface area contributed by atoms with Gasteiger partial charge >= 0.3 is 11.9 Å². The smallest absolute Gasteiger partial charge is 0.312 e. The number of carboxylic acid groups (broad SMARTS) is 1. The summed E-state index contributed by atoms with van der Waals surface area (Å²) < 4.78 is 4.87. The lowest BCUT2D eigenvalue weighted by Crippen LogP contribution is -2.39. The van der Waals surface area contributed by atoms with Crippen LogP contribution in [0.2, 0.25) is 0 Å². The molecule has 0 heterocycles. The molecule has 4 heteroatoms. The maximum absolute atomic E-state index is 11.6. The molecule has 4 nitrogen and oxygen atoms in total. The third kappa shape index (κ3) is 2.47. The van der Waals surface area contributed by atoms with Gasteiger partial charge in [0.1, 0.15) is 0 Å². The first-order valence-corrected chi connectivity index (χ1v) is 4.80. The monoisotopic (exact) mass is 202 g/mol. The van der Waals surface area contributed by atoms with Gasteiger partial charge in [-0.1, -0.05) is 13.8 Å². The molecular formula is C10H18O4. The van der Waals surface area contributed by atoms with Gasteiger partial charge in [-0.3, -0.25) is 9.59 Å². The van der Waals surface area contributed by atoms with E-state index in [0.717, 1.165) is 0 Å². The normalized spacial score (nSPS) is 16.9. The van der Waals surface area contributed by atoms with Crippen molar-refractivity contribution in [3.05, 3.63) is 0 Å². The van der Waals surface area contributed by atoms with Crippen LogP contribution in [0, 0.1) is 11.3 Å². The second-order valence-corrected chi connectivity index (χ2v) is 3.55. The van der Waals surface area contributed by atoms with E-state index < -0.39 is 23.3 Å². The second-order valence-electron chi connectivity index (χ2n) is 3.55. The zero-order valence-corrected chi connectivity index (χ0v) is 9.16.